The molecule has 0 aliphatic heterocycles. The van der Waals surface area contributed by atoms with Crippen LogP contribution in [-0.4, -0.2) is 11.8 Å². The van der Waals surface area contributed by atoms with Crippen LogP contribution < -0.4 is 10.6 Å². The smallest absolute Gasteiger partial charge is 0.291 e. The molecular formula is C19H15IN2O3. The van der Waals surface area contributed by atoms with Gasteiger partial charge < -0.3 is 15.1 Å². The van der Waals surface area contributed by atoms with E-state index >= 15 is 0 Å². The van der Waals surface area contributed by atoms with Crippen LogP contribution in [0.25, 0.3) is 0 Å². The highest BCUT2D eigenvalue weighted by Gasteiger charge is 2.16. The monoisotopic (exact) mass is 446 g/mol. The third kappa shape index (κ3) is 4.48. The van der Waals surface area contributed by atoms with Crippen molar-refractivity contribution >= 4 is 40.1 Å². The number of nitrogens with one attached hydrogen (secondary N) is 2. The summed E-state index contributed by atoms with van der Waals surface area (Å²) >= 11 is 2.13. The van der Waals surface area contributed by atoms with Gasteiger partial charge in [-0.25, -0.2) is 0 Å². The molecule has 0 radical (unpaired) electrons. The van der Waals surface area contributed by atoms with Crippen LogP contribution in [0.2, 0.25) is 0 Å². The minimum absolute atomic E-state index is 0.189. The lowest BCUT2D eigenvalue weighted by Crippen LogP contribution is -2.25. The minimum Gasteiger partial charge on any atom is -0.459 e. The molecule has 25 heavy (non-hydrogen) atoms. The second-order valence-electron chi connectivity index (χ2n) is 5.29. The van der Waals surface area contributed by atoms with Crippen LogP contribution in [0.4, 0.5) is 5.69 Å². The largest absolute Gasteiger partial charge is 0.459 e. The summed E-state index contributed by atoms with van der Waals surface area (Å²) in [5.74, 6) is -0.463. The van der Waals surface area contributed by atoms with Gasteiger partial charge in [0.25, 0.3) is 11.8 Å². The van der Waals surface area contributed by atoms with Gasteiger partial charge in [-0.2, -0.15) is 0 Å². The molecule has 0 spiro atoms. The Hall–Kier alpha value is -2.61. The zero-order valence-corrected chi connectivity index (χ0v) is 15.3. The van der Waals surface area contributed by atoms with Gasteiger partial charge in [-0.3, -0.25) is 9.59 Å². The van der Waals surface area contributed by atoms with E-state index in [1.54, 1.807) is 24.3 Å². The van der Waals surface area contributed by atoms with Crippen LogP contribution in [-0.2, 0) is 6.54 Å². The number of benzene rings is 2. The fourth-order valence-corrected chi connectivity index (χ4v) is 2.77. The zero-order valence-electron chi connectivity index (χ0n) is 13.2. The maximum Gasteiger partial charge on any atom is 0.291 e. The highest BCUT2D eigenvalue weighted by molar-refractivity contribution is 14.1. The average Bonchev–Trinajstić information content (AvgIpc) is 3.17. The van der Waals surface area contributed by atoms with Crippen LogP contribution >= 0.6 is 22.6 Å². The molecule has 5 nitrogen and oxygen atoms in total. The van der Waals surface area contributed by atoms with E-state index in [9.17, 15) is 9.59 Å². The number of anilines is 1. The zero-order chi connectivity index (χ0) is 17.6. The molecule has 0 unspecified atom stereocenters. The van der Waals surface area contributed by atoms with Crippen LogP contribution in [0.3, 0.4) is 0 Å². The van der Waals surface area contributed by atoms with Crippen molar-refractivity contribution in [3.05, 3.63) is 87.4 Å². The highest BCUT2D eigenvalue weighted by Crippen LogP contribution is 2.20. The van der Waals surface area contributed by atoms with Gasteiger partial charge in [-0.1, -0.05) is 30.3 Å². The van der Waals surface area contributed by atoms with E-state index in [0.29, 0.717) is 17.8 Å². The summed E-state index contributed by atoms with van der Waals surface area (Å²) in [4.78, 5) is 24.7. The number of rotatable bonds is 5. The molecule has 3 rings (SSSR count). The molecule has 0 atom stereocenters. The van der Waals surface area contributed by atoms with E-state index in [4.69, 9.17) is 4.42 Å². The summed E-state index contributed by atoms with van der Waals surface area (Å²) in [6.07, 6.45) is 1.43. The van der Waals surface area contributed by atoms with Crippen LogP contribution in [0, 0.1) is 3.57 Å². The third-order valence-corrected chi connectivity index (χ3v) is 4.19. The fourth-order valence-electron chi connectivity index (χ4n) is 2.28. The second-order valence-corrected chi connectivity index (χ2v) is 6.54. The first-order valence-electron chi connectivity index (χ1n) is 7.60. The molecule has 0 bridgehead atoms. The maximum atomic E-state index is 12.6. The summed E-state index contributed by atoms with van der Waals surface area (Å²) < 4.78 is 5.98. The number of furan rings is 1. The Morgan fingerprint density at radius 3 is 2.48 bits per heavy atom. The third-order valence-electron chi connectivity index (χ3n) is 3.52. The first-order valence-corrected chi connectivity index (χ1v) is 8.68. The SMILES string of the molecule is O=C(Nc1ccc(I)cc1C(=O)NCc1ccccc1)c1ccco1. The van der Waals surface area contributed by atoms with Crippen LogP contribution in [0.15, 0.2) is 71.3 Å². The first-order chi connectivity index (χ1) is 12.1. The van der Waals surface area contributed by atoms with Crippen molar-refractivity contribution in [1.29, 1.82) is 0 Å². The van der Waals surface area contributed by atoms with E-state index in [2.05, 4.69) is 33.2 Å². The summed E-state index contributed by atoms with van der Waals surface area (Å²) in [6, 6.07) is 18.1. The van der Waals surface area contributed by atoms with Crippen molar-refractivity contribution in [3.63, 3.8) is 0 Å². The Labute approximate surface area is 158 Å². The molecule has 1 heterocycles. The van der Waals surface area contributed by atoms with Crippen molar-refractivity contribution in [2.75, 3.05) is 5.32 Å². The normalized spacial score (nSPS) is 10.3. The molecule has 1 aromatic heterocycles. The van der Waals surface area contributed by atoms with E-state index in [1.807, 2.05) is 36.4 Å². The van der Waals surface area contributed by atoms with Gasteiger partial charge in [0.2, 0.25) is 0 Å². The Bertz CT molecular complexity index is 877. The van der Waals surface area contributed by atoms with Gasteiger partial charge in [-0.05, 0) is 58.5 Å². The van der Waals surface area contributed by atoms with Crippen LogP contribution in [0.1, 0.15) is 26.5 Å². The maximum absolute atomic E-state index is 12.6. The standard InChI is InChI=1S/C19H15IN2O3/c20-14-8-9-16(22-19(24)17-7-4-10-25-17)15(11-14)18(23)21-12-13-5-2-1-3-6-13/h1-11H,12H2,(H,21,23)(H,22,24). The van der Waals surface area contributed by atoms with E-state index in [-0.39, 0.29) is 11.7 Å². The summed E-state index contributed by atoms with van der Waals surface area (Å²) in [7, 11) is 0. The summed E-state index contributed by atoms with van der Waals surface area (Å²) in [6.45, 7) is 0.413. The van der Waals surface area contributed by atoms with Gasteiger partial charge >= 0.3 is 0 Å². The predicted molar refractivity (Wildman–Crippen MR) is 103 cm³/mol. The molecule has 6 heteroatoms. The average molecular weight is 446 g/mol. The van der Waals surface area contributed by atoms with Gasteiger partial charge in [-0.15, -0.1) is 0 Å². The van der Waals surface area contributed by atoms with Gasteiger partial charge in [0.1, 0.15) is 0 Å². The van der Waals surface area contributed by atoms with E-state index in [0.717, 1.165) is 9.13 Å². The molecule has 0 saturated carbocycles. The predicted octanol–water partition coefficient (Wildman–Crippen LogP) is 4.07. The molecule has 2 N–H and O–H groups in total. The molecule has 0 saturated heterocycles. The Morgan fingerprint density at radius 1 is 0.960 bits per heavy atom. The molecule has 0 aliphatic carbocycles. The number of halogens is 1. The van der Waals surface area contributed by atoms with E-state index < -0.39 is 5.91 Å². The van der Waals surface area contributed by atoms with E-state index in [1.165, 1.54) is 6.26 Å². The van der Waals surface area contributed by atoms with Gasteiger partial charge in [0, 0.05) is 10.1 Å². The topological polar surface area (TPSA) is 71.3 Å². The Balaban J connectivity index is 1.76. The quantitative estimate of drug-likeness (QED) is 0.581. The number of hydrogen-bond acceptors (Lipinski definition) is 3. The molecule has 2 amide bonds. The van der Waals surface area contributed by atoms with Crippen molar-refractivity contribution in [1.82, 2.24) is 5.32 Å². The van der Waals surface area contributed by atoms with Gasteiger partial charge in [0.05, 0.1) is 17.5 Å². The van der Waals surface area contributed by atoms with Crippen molar-refractivity contribution < 1.29 is 14.0 Å². The highest BCUT2D eigenvalue weighted by atomic mass is 127. The fraction of sp³-hybridized carbons (Fsp3) is 0.0526. The Kier molecular flexibility index (Phi) is 5.49. The van der Waals surface area contributed by atoms with Crippen molar-refractivity contribution in [2.45, 2.75) is 6.54 Å². The second kappa shape index (κ2) is 7.98. The number of hydrogen-bond donors (Lipinski definition) is 2. The summed E-state index contributed by atoms with van der Waals surface area (Å²) in [5.41, 5.74) is 1.85. The molecule has 0 aliphatic rings. The van der Waals surface area contributed by atoms with Gasteiger partial charge in [0.15, 0.2) is 5.76 Å². The molecule has 2 aromatic carbocycles. The van der Waals surface area contributed by atoms with Crippen molar-refractivity contribution in [2.24, 2.45) is 0 Å². The molecule has 126 valence electrons. The summed E-state index contributed by atoms with van der Waals surface area (Å²) in [5, 5.41) is 5.60. The number of carbonyl (C=O) groups excluding carboxylic acids is 2. The lowest BCUT2D eigenvalue weighted by molar-refractivity contribution is 0.0951. The van der Waals surface area contributed by atoms with Crippen molar-refractivity contribution in [3.8, 4) is 0 Å². The lowest BCUT2D eigenvalue weighted by Gasteiger charge is -2.11. The number of carbonyl (C=O) groups is 2. The number of amides is 2. The molecule has 3 aromatic rings. The minimum atomic E-state index is -0.400. The molecule has 0 fully saturated rings. The Morgan fingerprint density at radius 2 is 1.76 bits per heavy atom. The molecular weight excluding hydrogens is 431 g/mol. The van der Waals surface area contributed by atoms with Crippen LogP contribution in [0.5, 0.6) is 0 Å². The first kappa shape index (κ1) is 17.2. The lowest BCUT2D eigenvalue weighted by atomic mass is 10.1.